The number of anilines is 1. The number of nitrogens with zero attached hydrogens (tertiary/aromatic N) is 3. The van der Waals surface area contributed by atoms with Crippen molar-refractivity contribution in [3.63, 3.8) is 0 Å². The average Bonchev–Trinajstić information content (AvgIpc) is 2.49. The molecule has 0 aromatic carbocycles. The molecule has 7 heteroatoms. The van der Waals surface area contributed by atoms with E-state index in [0.717, 1.165) is 25.9 Å². The molecule has 2 heterocycles. The third-order valence-corrected chi connectivity index (χ3v) is 4.02. The third kappa shape index (κ3) is 3.31. The number of rotatable bonds is 5. The molecule has 1 aromatic rings. The zero-order valence-corrected chi connectivity index (χ0v) is 12.5. The Labute approximate surface area is 123 Å². The summed E-state index contributed by atoms with van der Waals surface area (Å²) in [6, 6.07) is 0. The molecule has 0 amide bonds. The predicted octanol–water partition coefficient (Wildman–Crippen LogP) is 0.718. The Bertz CT molecular complexity index is 506. The number of nitrogens with two attached hydrogens (primary N) is 1. The number of ether oxygens (including phenoxy) is 1. The van der Waals surface area contributed by atoms with Crippen LogP contribution >= 0.6 is 11.6 Å². The standard InChI is InChI=1S/C13H21ClN4O2/c1-20-6-5-18-13(19)12(14)11(8-16-18)17-4-2-3-10(7-15)9-17/h8,10H,2-7,9,15H2,1H3. The van der Waals surface area contributed by atoms with Crippen molar-refractivity contribution in [1.29, 1.82) is 0 Å². The molecular formula is C13H21ClN4O2. The number of hydrogen-bond acceptors (Lipinski definition) is 5. The molecule has 1 unspecified atom stereocenters. The van der Waals surface area contributed by atoms with Crippen LogP contribution in [0.2, 0.25) is 5.02 Å². The first-order chi connectivity index (χ1) is 9.67. The first-order valence-electron chi connectivity index (χ1n) is 6.87. The van der Waals surface area contributed by atoms with Crippen LogP contribution in [-0.4, -0.2) is 43.1 Å². The van der Waals surface area contributed by atoms with Crippen molar-refractivity contribution in [2.45, 2.75) is 19.4 Å². The van der Waals surface area contributed by atoms with Crippen molar-refractivity contribution in [2.24, 2.45) is 11.7 Å². The molecule has 0 saturated carbocycles. The molecule has 0 radical (unpaired) electrons. The first kappa shape index (κ1) is 15.3. The van der Waals surface area contributed by atoms with Crippen molar-refractivity contribution in [1.82, 2.24) is 9.78 Å². The van der Waals surface area contributed by atoms with Gasteiger partial charge in [-0.15, -0.1) is 0 Å². The van der Waals surface area contributed by atoms with Gasteiger partial charge in [0, 0.05) is 20.2 Å². The van der Waals surface area contributed by atoms with Gasteiger partial charge in [0.25, 0.3) is 5.56 Å². The van der Waals surface area contributed by atoms with E-state index in [1.165, 1.54) is 4.68 Å². The van der Waals surface area contributed by atoms with Gasteiger partial charge in [-0.3, -0.25) is 4.79 Å². The maximum atomic E-state index is 12.2. The van der Waals surface area contributed by atoms with Gasteiger partial charge in [0.05, 0.1) is 25.0 Å². The summed E-state index contributed by atoms with van der Waals surface area (Å²) in [6.07, 6.45) is 3.85. The molecule has 6 nitrogen and oxygen atoms in total. The van der Waals surface area contributed by atoms with Gasteiger partial charge in [-0.25, -0.2) is 4.68 Å². The molecule has 112 valence electrons. The van der Waals surface area contributed by atoms with E-state index >= 15 is 0 Å². The average molecular weight is 301 g/mol. The lowest BCUT2D eigenvalue weighted by atomic mass is 9.98. The third-order valence-electron chi connectivity index (χ3n) is 3.67. The summed E-state index contributed by atoms with van der Waals surface area (Å²) in [7, 11) is 1.59. The highest BCUT2D eigenvalue weighted by Crippen LogP contribution is 2.26. The Morgan fingerprint density at radius 1 is 1.60 bits per heavy atom. The van der Waals surface area contributed by atoms with E-state index in [1.807, 2.05) is 0 Å². The van der Waals surface area contributed by atoms with Crippen LogP contribution in [0.1, 0.15) is 12.8 Å². The lowest BCUT2D eigenvalue weighted by Gasteiger charge is -2.34. The quantitative estimate of drug-likeness (QED) is 0.867. The van der Waals surface area contributed by atoms with Crippen LogP contribution < -0.4 is 16.2 Å². The zero-order chi connectivity index (χ0) is 14.5. The van der Waals surface area contributed by atoms with E-state index in [1.54, 1.807) is 13.3 Å². The molecule has 0 aliphatic carbocycles. The molecule has 2 rings (SSSR count). The zero-order valence-electron chi connectivity index (χ0n) is 11.7. The van der Waals surface area contributed by atoms with E-state index in [-0.39, 0.29) is 10.6 Å². The van der Waals surface area contributed by atoms with Gasteiger partial charge in [0.1, 0.15) is 5.02 Å². The lowest BCUT2D eigenvalue weighted by Crippen LogP contribution is -2.39. The molecule has 1 aliphatic heterocycles. The fourth-order valence-electron chi connectivity index (χ4n) is 2.49. The second kappa shape index (κ2) is 7.06. The van der Waals surface area contributed by atoms with E-state index in [2.05, 4.69) is 10.00 Å². The molecule has 1 fully saturated rings. The Morgan fingerprint density at radius 3 is 3.10 bits per heavy atom. The van der Waals surface area contributed by atoms with E-state index in [0.29, 0.717) is 31.3 Å². The van der Waals surface area contributed by atoms with E-state index in [9.17, 15) is 4.79 Å². The Morgan fingerprint density at radius 2 is 2.40 bits per heavy atom. The summed E-state index contributed by atoms with van der Waals surface area (Å²) in [4.78, 5) is 14.3. The first-order valence-corrected chi connectivity index (χ1v) is 7.24. The Kier molecular flexibility index (Phi) is 5.39. The summed E-state index contributed by atoms with van der Waals surface area (Å²) in [5.74, 6) is 0.454. The van der Waals surface area contributed by atoms with Crippen LogP contribution in [0.5, 0.6) is 0 Å². The summed E-state index contributed by atoms with van der Waals surface area (Å²) in [5.41, 5.74) is 6.18. The summed E-state index contributed by atoms with van der Waals surface area (Å²) < 4.78 is 6.28. The Balaban J connectivity index is 2.20. The smallest absolute Gasteiger partial charge is 0.287 e. The van der Waals surface area contributed by atoms with Crippen LogP contribution in [0, 0.1) is 5.92 Å². The Hall–Kier alpha value is -1.11. The van der Waals surface area contributed by atoms with Gasteiger partial charge in [0.2, 0.25) is 0 Å². The fourth-order valence-corrected chi connectivity index (χ4v) is 2.76. The minimum atomic E-state index is -0.268. The van der Waals surface area contributed by atoms with E-state index in [4.69, 9.17) is 22.1 Å². The SMILES string of the molecule is COCCn1ncc(N2CCCC(CN)C2)c(Cl)c1=O. The molecule has 0 spiro atoms. The van der Waals surface area contributed by atoms with Crippen LogP contribution in [0.3, 0.4) is 0 Å². The van der Waals surface area contributed by atoms with Gasteiger partial charge < -0.3 is 15.4 Å². The highest BCUT2D eigenvalue weighted by molar-refractivity contribution is 6.33. The fraction of sp³-hybridized carbons (Fsp3) is 0.692. The van der Waals surface area contributed by atoms with Crippen LogP contribution in [0.4, 0.5) is 5.69 Å². The highest BCUT2D eigenvalue weighted by atomic mass is 35.5. The minimum absolute atomic E-state index is 0.230. The normalized spacial score (nSPS) is 19.4. The van der Waals surface area contributed by atoms with Crippen LogP contribution in [0.15, 0.2) is 11.0 Å². The van der Waals surface area contributed by atoms with Crippen LogP contribution in [0.25, 0.3) is 0 Å². The second-order valence-corrected chi connectivity index (χ2v) is 5.43. The molecule has 2 N–H and O–H groups in total. The van der Waals surface area contributed by atoms with Gasteiger partial charge >= 0.3 is 0 Å². The predicted molar refractivity (Wildman–Crippen MR) is 79.4 cm³/mol. The topological polar surface area (TPSA) is 73.4 Å². The monoisotopic (exact) mass is 300 g/mol. The molecule has 1 atom stereocenters. The summed E-state index contributed by atoms with van der Waals surface area (Å²) in [6.45, 7) is 3.22. The molecule has 20 heavy (non-hydrogen) atoms. The van der Waals surface area contributed by atoms with Crippen LogP contribution in [-0.2, 0) is 11.3 Å². The van der Waals surface area contributed by atoms with Gasteiger partial charge in [-0.05, 0) is 25.3 Å². The van der Waals surface area contributed by atoms with E-state index < -0.39 is 0 Å². The molecule has 1 aliphatic rings. The maximum Gasteiger partial charge on any atom is 0.287 e. The largest absolute Gasteiger partial charge is 0.383 e. The van der Waals surface area contributed by atoms with Crippen molar-refractivity contribution in [2.75, 3.05) is 38.3 Å². The second-order valence-electron chi connectivity index (χ2n) is 5.05. The summed E-state index contributed by atoms with van der Waals surface area (Å²) >= 11 is 6.21. The number of hydrogen-bond donors (Lipinski definition) is 1. The van der Waals surface area contributed by atoms with Crippen molar-refractivity contribution < 1.29 is 4.74 Å². The van der Waals surface area contributed by atoms with Crippen molar-refractivity contribution >= 4 is 17.3 Å². The van der Waals surface area contributed by atoms with Crippen molar-refractivity contribution in [3.05, 3.63) is 21.6 Å². The number of piperidine rings is 1. The number of methoxy groups -OCH3 is 1. The van der Waals surface area contributed by atoms with Crippen molar-refractivity contribution in [3.8, 4) is 0 Å². The molecule has 1 aromatic heterocycles. The summed E-state index contributed by atoms with van der Waals surface area (Å²) in [5, 5.41) is 4.40. The molecule has 0 bridgehead atoms. The minimum Gasteiger partial charge on any atom is -0.383 e. The lowest BCUT2D eigenvalue weighted by molar-refractivity contribution is 0.182. The maximum absolute atomic E-state index is 12.2. The van der Waals surface area contributed by atoms with Gasteiger partial charge in [0.15, 0.2) is 0 Å². The van der Waals surface area contributed by atoms with Gasteiger partial charge in [-0.2, -0.15) is 5.10 Å². The number of aromatic nitrogens is 2. The number of halogens is 1. The molecule has 1 saturated heterocycles. The van der Waals surface area contributed by atoms with Gasteiger partial charge in [-0.1, -0.05) is 11.6 Å². The highest BCUT2D eigenvalue weighted by Gasteiger charge is 2.22. The molecular weight excluding hydrogens is 280 g/mol.